The molecule has 1 atom stereocenters. The van der Waals surface area contributed by atoms with Crippen molar-refractivity contribution in [3.8, 4) is 0 Å². The van der Waals surface area contributed by atoms with Gasteiger partial charge in [0, 0.05) is 12.6 Å². The van der Waals surface area contributed by atoms with Crippen molar-refractivity contribution in [3.63, 3.8) is 0 Å². The van der Waals surface area contributed by atoms with Crippen molar-refractivity contribution in [1.29, 1.82) is 0 Å². The van der Waals surface area contributed by atoms with E-state index in [1.807, 2.05) is 6.07 Å². The zero-order valence-electron chi connectivity index (χ0n) is 10.3. The van der Waals surface area contributed by atoms with Crippen LogP contribution >= 0.6 is 0 Å². The quantitative estimate of drug-likeness (QED) is 0.868. The van der Waals surface area contributed by atoms with E-state index in [9.17, 15) is 0 Å². The van der Waals surface area contributed by atoms with Gasteiger partial charge in [0.25, 0.3) is 0 Å². The standard InChI is InChI=1S/C14H18N4/c15-14-9-12(16-17-14)13-7-4-8-18(13)10-11-5-2-1-3-6-11/h1-3,5-6,9,13H,4,7-8,10H2,(H3,15,16,17)/t13-/m0/s1. The Labute approximate surface area is 107 Å². The highest BCUT2D eigenvalue weighted by atomic mass is 15.2. The van der Waals surface area contributed by atoms with E-state index < -0.39 is 0 Å². The molecule has 94 valence electrons. The lowest BCUT2D eigenvalue weighted by atomic mass is 10.1. The van der Waals surface area contributed by atoms with Gasteiger partial charge in [-0.1, -0.05) is 30.3 Å². The number of likely N-dealkylation sites (tertiary alicyclic amines) is 1. The normalized spacial score (nSPS) is 20.3. The van der Waals surface area contributed by atoms with E-state index in [1.54, 1.807) is 0 Å². The maximum Gasteiger partial charge on any atom is 0.145 e. The lowest BCUT2D eigenvalue weighted by Gasteiger charge is -2.23. The van der Waals surface area contributed by atoms with Gasteiger partial charge in [-0.3, -0.25) is 10.00 Å². The van der Waals surface area contributed by atoms with Crippen molar-refractivity contribution in [2.75, 3.05) is 12.3 Å². The second kappa shape index (κ2) is 4.82. The van der Waals surface area contributed by atoms with Crippen molar-refractivity contribution in [1.82, 2.24) is 15.1 Å². The van der Waals surface area contributed by atoms with Crippen molar-refractivity contribution in [3.05, 3.63) is 47.7 Å². The number of aromatic amines is 1. The topological polar surface area (TPSA) is 57.9 Å². The molecule has 3 N–H and O–H groups in total. The van der Waals surface area contributed by atoms with Crippen LogP contribution in [0.15, 0.2) is 36.4 Å². The van der Waals surface area contributed by atoms with E-state index in [0.29, 0.717) is 11.9 Å². The summed E-state index contributed by atoms with van der Waals surface area (Å²) in [5, 5.41) is 7.08. The zero-order valence-corrected chi connectivity index (χ0v) is 10.3. The van der Waals surface area contributed by atoms with Crippen LogP contribution in [-0.4, -0.2) is 21.6 Å². The minimum Gasteiger partial charge on any atom is -0.382 e. The Morgan fingerprint density at radius 1 is 1.33 bits per heavy atom. The SMILES string of the molecule is Nc1cc([C@@H]2CCCN2Cc2ccccc2)[nH]n1. The molecule has 0 saturated carbocycles. The Morgan fingerprint density at radius 3 is 2.89 bits per heavy atom. The molecular weight excluding hydrogens is 224 g/mol. The predicted octanol–water partition coefficient (Wildman–Crippen LogP) is 2.33. The number of nitrogens with two attached hydrogens (primary N) is 1. The maximum atomic E-state index is 5.68. The first-order valence-corrected chi connectivity index (χ1v) is 6.42. The van der Waals surface area contributed by atoms with Crippen molar-refractivity contribution in [2.45, 2.75) is 25.4 Å². The molecule has 2 heterocycles. The van der Waals surface area contributed by atoms with Crippen LogP contribution in [0.3, 0.4) is 0 Å². The Hall–Kier alpha value is -1.81. The summed E-state index contributed by atoms with van der Waals surface area (Å²) in [6.07, 6.45) is 2.41. The first-order valence-electron chi connectivity index (χ1n) is 6.42. The number of nitrogens with zero attached hydrogens (tertiary/aromatic N) is 2. The van der Waals surface area contributed by atoms with E-state index in [2.05, 4.69) is 45.4 Å². The molecule has 1 aliphatic heterocycles. The second-order valence-corrected chi connectivity index (χ2v) is 4.86. The molecule has 0 bridgehead atoms. The van der Waals surface area contributed by atoms with Crippen LogP contribution in [0.25, 0.3) is 0 Å². The first kappa shape index (κ1) is 11.3. The Kier molecular flexibility index (Phi) is 3.02. The van der Waals surface area contributed by atoms with Gasteiger partial charge >= 0.3 is 0 Å². The minimum atomic E-state index is 0.426. The molecule has 1 fully saturated rings. The average molecular weight is 242 g/mol. The molecule has 0 spiro atoms. The fourth-order valence-corrected chi connectivity index (χ4v) is 2.71. The molecule has 4 nitrogen and oxygen atoms in total. The van der Waals surface area contributed by atoms with Crippen molar-refractivity contribution >= 4 is 5.82 Å². The second-order valence-electron chi connectivity index (χ2n) is 4.86. The minimum absolute atomic E-state index is 0.426. The Morgan fingerprint density at radius 2 is 2.17 bits per heavy atom. The third-order valence-corrected chi connectivity index (χ3v) is 3.57. The number of H-pyrrole nitrogens is 1. The monoisotopic (exact) mass is 242 g/mol. The molecule has 4 heteroatoms. The molecule has 18 heavy (non-hydrogen) atoms. The fraction of sp³-hybridized carbons (Fsp3) is 0.357. The first-order chi connectivity index (χ1) is 8.83. The number of aromatic nitrogens is 2. The highest BCUT2D eigenvalue weighted by Gasteiger charge is 2.27. The van der Waals surface area contributed by atoms with E-state index in [0.717, 1.165) is 18.8 Å². The number of nitrogens with one attached hydrogen (secondary N) is 1. The summed E-state index contributed by atoms with van der Waals surface area (Å²) in [6, 6.07) is 13.0. The molecule has 0 radical (unpaired) electrons. The van der Waals surface area contributed by atoms with E-state index in [-0.39, 0.29) is 0 Å². The summed E-state index contributed by atoms with van der Waals surface area (Å²) in [5.74, 6) is 0.580. The van der Waals surface area contributed by atoms with Crippen molar-refractivity contribution < 1.29 is 0 Å². The predicted molar refractivity (Wildman–Crippen MR) is 71.8 cm³/mol. The zero-order chi connectivity index (χ0) is 12.4. The van der Waals surface area contributed by atoms with Crippen LogP contribution < -0.4 is 5.73 Å². The molecule has 1 saturated heterocycles. The Balaban J connectivity index is 1.75. The van der Waals surface area contributed by atoms with Crippen LogP contribution in [0.1, 0.15) is 30.1 Å². The Bertz CT molecular complexity index is 506. The van der Waals surface area contributed by atoms with Crippen LogP contribution in [0, 0.1) is 0 Å². The molecule has 1 aliphatic rings. The summed E-state index contributed by atoms with van der Waals surface area (Å²) in [4.78, 5) is 2.49. The van der Waals surface area contributed by atoms with Crippen molar-refractivity contribution in [2.24, 2.45) is 0 Å². The van der Waals surface area contributed by atoms with Crippen LogP contribution in [0.5, 0.6) is 0 Å². The van der Waals surface area contributed by atoms with Gasteiger partial charge in [0.05, 0.1) is 11.7 Å². The highest BCUT2D eigenvalue weighted by Crippen LogP contribution is 2.32. The van der Waals surface area contributed by atoms with E-state index in [4.69, 9.17) is 5.73 Å². The number of hydrogen-bond acceptors (Lipinski definition) is 3. The van der Waals surface area contributed by atoms with Crippen LogP contribution in [0.4, 0.5) is 5.82 Å². The molecule has 1 aromatic carbocycles. The van der Waals surface area contributed by atoms with Gasteiger partial charge in [-0.2, -0.15) is 5.10 Å². The molecule has 0 aliphatic carbocycles. The van der Waals surface area contributed by atoms with Gasteiger partial charge in [-0.15, -0.1) is 0 Å². The van der Waals surface area contributed by atoms with Crippen LogP contribution in [0.2, 0.25) is 0 Å². The van der Waals surface area contributed by atoms with Crippen LogP contribution in [-0.2, 0) is 6.54 Å². The summed E-state index contributed by atoms with van der Waals surface area (Å²) in [5.41, 5.74) is 8.18. The average Bonchev–Trinajstić information content (AvgIpc) is 2.99. The molecule has 0 unspecified atom stereocenters. The number of anilines is 1. The van der Waals surface area contributed by atoms with Gasteiger partial charge in [-0.05, 0) is 24.9 Å². The van der Waals surface area contributed by atoms with Gasteiger partial charge < -0.3 is 5.73 Å². The molecular formula is C14H18N4. The molecule has 3 rings (SSSR count). The van der Waals surface area contributed by atoms with Gasteiger partial charge in [0.2, 0.25) is 0 Å². The number of rotatable bonds is 3. The summed E-state index contributed by atoms with van der Waals surface area (Å²) in [6.45, 7) is 2.13. The lowest BCUT2D eigenvalue weighted by molar-refractivity contribution is 0.244. The molecule has 1 aromatic heterocycles. The summed E-state index contributed by atoms with van der Waals surface area (Å²) in [7, 11) is 0. The van der Waals surface area contributed by atoms with Gasteiger partial charge in [0.15, 0.2) is 0 Å². The molecule has 0 amide bonds. The smallest absolute Gasteiger partial charge is 0.145 e. The van der Waals surface area contributed by atoms with E-state index in [1.165, 1.54) is 18.4 Å². The maximum absolute atomic E-state index is 5.68. The number of hydrogen-bond donors (Lipinski definition) is 2. The number of benzene rings is 1. The third kappa shape index (κ3) is 2.24. The third-order valence-electron chi connectivity index (χ3n) is 3.57. The van der Waals surface area contributed by atoms with Gasteiger partial charge in [-0.25, -0.2) is 0 Å². The van der Waals surface area contributed by atoms with Gasteiger partial charge in [0.1, 0.15) is 5.82 Å². The lowest BCUT2D eigenvalue weighted by Crippen LogP contribution is -2.22. The summed E-state index contributed by atoms with van der Waals surface area (Å²) >= 11 is 0. The highest BCUT2D eigenvalue weighted by molar-refractivity contribution is 5.30. The largest absolute Gasteiger partial charge is 0.382 e. The summed E-state index contributed by atoms with van der Waals surface area (Å²) < 4.78 is 0. The molecule has 2 aromatic rings. The van der Waals surface area contributed by atoms with E-state index >= 15 is 0 Å². The fourth-order valence-electron chi connectivity index (χ4n) is 2.71. The number of nitrogen functional groups attached to an aromatic ring is 1.